The molecule has 1 aliphatic carbocycles. The minimum atomic E-state index is -0.378. The number of hydrogen-bond acceptors (Lipinski definition) is 3. The van der Waals surface area contributed by atoms with E-state index in [1.54, 1.807) is 18.3 Å². The number of carbonyl (C=O) groups is 1. The van der Waals surface area contributed by atoms with E-state index in [-0.39, 0.29) is 11.9 Å². The monoisotopic (exact) mass is 191 g/mol. The van der Waals surface area contributed by atoms with Crippen molar-refractivity contribution >= 4 is 11.7 Å². The molecule has 0 bridgehead atoms. The quantitative estimate of drug-likeness (QED) is 0.741. The van der Waals surface area contributed by atoms with Crippen LogP contribution in [0.4, 0.5) is 5.82 Å². The van der Waals surface area contributed by atoms with Crippen LogP contribution in [0.2, 0.25) is 0 Å². The third-order valence-corrected chi connectivity index (χ3v) is 2.35. The van der Waals surface area contributed by atoms with Crippen LogP contribution in [0.1, 0.15) is 12.8 Å². The summed E-state index contributed by atoms with van der Waals surface area (Å²) < 4.78 is 0. The van der Waals surface area contributed by atoms with Gasteiger partial charge in [0.2, 0.25) is 5.91 Å². The van der Waals surface area contributed by atoms with E-state index in [0.717, 1.165) is 12.8 Å². The number of nitrogens with two attached hydrogens (primary N) is 1. The zero-order valence-electron chi connectivity index (χ0n) is 7.81. The fraction of sp³-hybridized carbons (Fsp3) is 0.400. The third kappa shape index (κ3) is 2.09. The fourth-order valence-electron chi connectivity index (χ4n) is 1.32. The van der Waals surface area contributed by atoms with Crippen molar-refractivity contribution in [3.8, 4) is 0 Å². The molecule has 2 rings (SSSR count). The highest BCUT2D eigenvalue weighted by Crippen LogP contribution is 2.31. The molecule has 1 heterocycles. The number of rotatable bonds is 3. The second kappa shape index (κ2) is 3.75. The van der Waals surface area contributed by atoms with Gasteiger partial charge in [0, 0.05) is 6.20 Å². The average Bonchev–Trinajstić information content (AvgIpc) is 3.01. The summed E-state index contributed by atoms with van der Waals surface area (Å²) in [5, 5.41) is 2.69. The summed E-state index contributed by atoms with van der Waals surface area (Å²) >= 11 is 0. The third-order valence-electron chi connectivity index (χ3n) is 2.35. The summed E-state index contributed by atoms with van der Waals surface area (Å²) in [6.45, 7) is 0. The van der Waals surface area contributed by atoms with Gasteiger partial charge in [-0.25, -0.2) is 4.98 Å². The van der Waals surface area contributed by atoms with Crippen LogP contribution in [0, 0.1) is 5.92 Å². The van der Waals surface area contributed by atoms with Crippen molar-refractivity contribution in [1.82, 2.24) is 4.98 Å². The molecule has 0 saturated heterocycles. The molecule has 0 radical (unpaired) electrons. The zero-order chi connectivity index (χ0) is 9.97. The van der Waals surface area contributed by atoms with Crippen molar-refractivity contribution in [3.63, 3.8) is 0 Å². The number of anilines is 1. The lowest BCUT2D eigenvalue weighted by molar-refractivity contribution is -0.117. The smallest absolute Gasteiger partial charge is 0.242 e. The van der Waals surface area contributed by atoms with E-state index >= 15 is 0 Å². The van der Waals surface area contributed by atoms with Crippen LogP contribution in [0.25, 0.3) is 0 Å². The van der Waals surface area contributed by atoms with E-state index in [1.165, 1.54) is 0 Å². The molecule has 74 valence electrons. The van der Waals surface area contributed by atoms with Gasteiger partial charge >= 0.3 is 0 Å². The lowest BCUT2D eigenvalue weighted by Gasteiger charge is -2.09. The maximum atomic E-state index is 11.5. The van der Waals surface area contributed by atoms with Crippen LogP contribution >= 0.6 is 0 Å². The van der Waals surface area contributed by atoms with Crippen molar-refractivity contribution in [2.24, 2.45) is 11.7 Å². The number of aromatic nitrogens is 1. The SMILES string of the molecule is NC(C(=O)Nc1ccccn1)C1CC1. The van der Waals surface area contributed by atoms with Crippen LogP contribution in [-0.4, -0.2) is 16.9 Å². The van der Waals surface area contributed by atoms with Gasteiger partial charge in [-0.3, -0.25) is 4.79 Å². The summed E-state index contributed by atoms with van der Waals surface area (Å²) in [5.41, 5.74) is 5.73. The van der Waals surface area contributed by atoms with Gasteiger partial charge in [0.1, 0.15) is 5.82 Å². The molecule has 1 saturated carbocycles. The molecule has 0 aliphatic heterocycles. The molecule has 1 fully saturated rings. The van der Waals surface area contributed by atoms with E-state index < -0.39 is 0 Å². The Morgan fingerprint density at radius 1 is 1.57 bits per heavy atom. The number of carbonyl (C=O) groups excluding carboxylic acids is 1. The number of nitrogens with one attached hydrogen (secondary N) is 1. The lowest BCUT2D eigenvalue weighted by atomic mass is 10.2. The van der Waals surface area contributed by atoms with Crippen LogP contribution in [0.15, 0.2) is 24.4 Å². The largest absolute Gasteiger partial charge is 0.320 e. The van der Waals surface area contributed by atoms with Gasteiger partial charge in [-0.05, 0) is 30.9 Å². The highest BCUT2D eigenvalue weighted by molar-refractivity contribution is 5.94. The van der Waals surface area contributed by atoms with Gasteiger partial charge in [0.05, 0.1) is 6.04 Å². The maximum absolute atomic E-state index is 11.5. The van der Waals surface area contributed by atoms with Crippen molar-refractivity contribution in [2.75, 3.05) is 5.32 Å². The number of hydrogen-bond donors (Lipinski definition) is 2. The van der Waals surface area contributed by atoms with Crippen molar-refractivity contribution in [1.29, 1.82) is 0 Å². The van der Waals surface area contributed by atoms with Gasteiger partial charge < -0.3 is 11.1 Å². The highest BCUT2D eigenvalue weighted by Gasteiger charge is 2.33. The van der Waals surface area contributed by atoms with Crippen LogP contribution in [0.5, 0.6) is 0 Å². The van der Waals surface area contributed by atoms with Crippen molar-refractivity contribution in [3.05, 3.63) is 24.4 Å². The van der Waals surface area contributed by atoms with Crippen molar-refractivity contribution in [2.45, 2.75) is 18.9 Å². The first kappa shape index (κ1) is 9.15. The van der Waals surface area contributed by atoms with E-state index in [4.69, 9.17) is 5.73 Å². The minimum absolute atomic E-state index is 0.133. The Morgan fingerprint density at radius 2 is 2.36 bits per heavy atom. The van der Waals surface area contributed by atoms with Gasteiger partial charge in [-0.2, -0.15) is 0 Å². The first-order chi connectivity index (χ1) is 6.77. The Hall–Kier alpha value is -1.42. The van der Waals surface area contributed by atoms with Gasteiger partial charge in [-0.15, -0.1) is 0 Å². The Bertz CT molecular complexity index is 321. The molecule has 1 aliphatic rings. The van der Waals surface area contributed by atoms with E-state index in [9.17, 15) is 4.79 Å². The maximum Gasteiger partial charge on any atom is 0.242 e. The number of pyridine rings is 1. The second-order valence-corrected chi connectivity index (χ2v) is 3.57. The molecule has 4 nitrogen and oxygen atoms in total. The summed E-state index contributed by atoms with van der Waals surface area (Å²) in [6.07, 6.45) is 3.77. The lowest BCUT2D eigenvalue weighted by Crippen LogP contribution is -2.37. The summed E-state index contributed by atoms with van der Waals surface area (Å²) in [5.74, 6) is 0.804. The van der Waals surface area contributed by atoms with Crippen LogP contribution < -0.4 is 11.1 Å². The topological polar surface area (TPSA) is 68.0 Å². The molecule has 1 aromatic rings. The van der Waals surface area contributed by atoms with E-state index in [0.29, 0.717) is 11.7 Å². The Morgan fingerprint density at radius 3 is 2.93 bits per heavy atom. The Kier molecular flexibility index (Phi) is 2.45. The molecule has 14 heavy (non-hydrogen) atoms. The molecule has 1 unspecified atom stereocenters. The molecule has 1 aromatic heterocycles. The summed E-state index contributed by atoms with van der Waals surface area (Å²) in [4.78, 5) is 15.5. The average molecular weight is 191 g/mol. The highest BCUT2D eigenvalue weighted by atomic mass is 16.2. The predicted octanol–water partition coefficient (Wildman–Crippen LogP) is 0.757. The van der Waals surface area contributed by atoms with Crippen molar-refractivity contribution < 1.29 is 4.79 Å². The predicted molar refractivity (Wildman–Crippen MR) is 53.6 cm³/mol. The Labute approximate surface area is 82.5 Å². The molecule has 3 N–H and O–H groups in total. The normalized spacial score (nSPS) is 17.5. The molecule has 4 heteroatoms. The molecule has 1 amide bonds. The molecular weight excluding hydrogens is 178 g/mol. The molecule has 1 atom stereocenters. The van der Waals surface area contributed by atoms with Gasteiger partial charge in [0.25, 0.3) is 0 Å². The van der Waals surface area contributed by atoms with Gasteiger partial charge in [0.15, 0.2) is 0 Å². The molecular formula is C10H13N3O. The van der Waals surface area contributed by atoms with Crippen LogP contribution in [0.3, 0.4) is 0 Å². The number of nitrogens with zero attached hydrogens (tertiary/aromatic N) is 1. The van der Waals surface area contributed by atoms with E-state index in [1.807, 2.05) is 6.07 Å². The summed E-state index contributed by atoms with van der Waals surface area (Å²) in [7, 11) is 0. The molecule has 0 aromatic carbocycles. The van der Waals surface area contributed by atoms with E-state index in [2.05, 4.69) is 10.3 Å². The minimum Gasteiger partial charge on any atom is -0.320 e. The second-order valence-electron chi connectivity index (χ2n) is 3.57. The summed E-state index contributed by atoms with van der Waals surface area (Å²) in [6, 6.07) is 5.00. The first-order valence-electron chi connectivity index (χ1n) is 4.75. The zero-order valence-corrected chi connectivity index (χ0v) is 7.81. The standard InChI is InChI=1S/C10H13N3O/c11-9(7-4-5-7)10(14)13-8-3-1-2-6-12-8/h1-3,6-7,9H,4-5,11H2,(H,12,13,14). The first-order valence-corrected chi connectivity index (χ1v) is 4.75. The Balaban J connectivity index is 1.94. The van der Waals surface area contributed by atoms with Gasteiger partial charge in [-0.1, -0.05) is 6.07 Å². The molecule has 0 spiro atoms. The number of amides is 1. The fourth-order valence-corrected chi connectivity index (χ4v) is 1.32. The van der Waals surface area contributed by atoms with Crippen LogP contribution in [-0.2, 0) is 4.79 Å².